The molecule has 0 spiro atoms. The first kappa shape index (κ1) is 16.1. The van der Waals surface area contributed by atoms with Crippen molar-refractivity contribution >= 4 is 22.6 Å². The molecule has 0 bridgehead atoms. The van der Waals surface area contributed by atoms with Gasteiger partial charge in [0, 0.05) is 19.0 Å². The van der Waals surface area contributed by atoms with E-state index in [9.17, 15) is 4.79 Å². The molecule has 0 saturated carbocycles. The van der Waals surface area contributed by atoms with Crippen LogP contribution >= 0.6 is 0 Å². The third-order valence-electron chi connectivity index (χ3n) is 4.29. The molecule has 3 aromatic heterocycles. The lowest BCUT2D eigenvalue weighted by Crippen LogP contribution is -2.13. The van der Waals surface area contributed by atoms with Crippen LogP contribution in [0, 0.1) is 6.92 Å². The Balaban J connectivity index is 1.42. The van der Waals surface area contributed by atoms with Gasteiger partial charge >= 0.3 is 0 Å². The van der Waals surface area contributed by atoms with Crippen molar-refractivity contribution in [2.24, 2.45) is 0 Å². The first-order valence-corrected chi connectivity index (χ1v) is 8.57. The number of para-hydroxylation sites is 1. The fourth-order valence-electron chi connectivity index (χ4n) is 2.97. The molecule has 1 aromatic carbocycles. The van der Waals surface area contributed by atoms with Gasteiger partial charge in [0.15, 0.2) is 0 Å². The Morgan fingerprint density at radius 3 is 2.77 bits per heavy atom. The highest BCUT2D eigenvalue weighted by Gasteiger charge is 2.07. The number of hydrogen-bond acceptors (Lipinski definition) is 3. The molecule has 1 amide bonds. The first-order valence-electron chi connectivity index (χ1n) is 8.57. The van der Waals surface area contributed by atoms with Crippen LogP contribution < -0.4 is 5.32 Å². The second-order valence-corrected chi connectivity index (χ2v) is 6.21. The van der Waals surface area contributed by atoms with E-state index in [1.165, 1.54) is 5.39 Å². The number of carbonyl (C=O) groups excluding carboxylic acids is 1. The lowest BCUT2D eigenvalue weighted by molar-refractivity contribution is -0.116. The summed E-state index contributed by atoms with van der Waals surface area (Å²) in [4.78, 5) is 16.4. The summed E-state index contributed by atoms with van der Waals surface area (Å²) in [5, 5.41) is 4.01. The monoisotopic (exact) mass is 345 g/mol. The quantitative estimate of drug-likeness (QED) is 0.579. The molecule has 3 heterocycles. The molecular weight excluding hydrogens is 326 g/mol. The van der Waals surface area contributed by atoms with Crippen molar-refractivity contribution < 1.29 is 9.21 Å². The van der Waals surface area contributed by atoms with E-state index in [1.807, 2.05) is 49.5 Å². The van der Waals surface area contributed by atoms with Gasteiger partial charge in [-0.15, -0.1) is 0 Å². The van der Waals surface area contributed by atoms with Gasteiger partial charge in [-0.3, -0.25) is 4.79 Å². The van der Waals surface area contributed by atoms with Crippen molar-refractivity contribution in [3.8, 4) is 5.69 Å². The van der Waals surface area contributed by atoms with Gasteiger partial charge in [0.1, 0.15) is 17.3 Å². The van der Waals surface area contributed by atoms with E-state index in [-0.39, 0.29) is 5.91 Å². The summed E-state index contributed by atoms with van der Waals surface area (Å²) >= 11 is 0. The largest absolute Gasteiger partial charge is 0.466 e. The van der Waals surface area contributed by atoms with Crippen LogP contribution in [0.4, 0.5) is 5.82 Å². The van der Waals surface area contributed by atoms with Gasteiger partial charge in [0.05, 0.1) is 17.4 Å². The summed E-state index contributed by atoms with van der Waals surface area (Å²) in [5.74, 6) is 2.15. The molecule has 0 unspecified atom stereocenters. The Morgan fingerprint density at radius 2 is 2.00 bits per heavy atom. The summed E-state index contributed by atoms with van der Waals surface area (Å²) in [6.45, 7) is 1.89. The molecule has 4 rings (SSSR count). The van der Waals surface area contributed by atoms with E-state index in [2.05, 4.69) is 33.1 Å². The minimum absolute atomic E-state index is 0.0780. The van der Waals surface area contributed by atoms with Crippen LogP contribution in [-0.2, 0) is 11.2 Å². The molecule has 0 aliphatic carbocycles. The number of pyridine rings is 1. The molecule has 0 atom stereocenters. The number of benzene rings is 1. The summed E-state index contributed by atoms with van der Waals surface area (Å²) < 4.78 is 7.55. The average Bonchev–Trinajstić information content (AvgIpc) is 3.27. The minimum Gasteiger partial charge on any atom is -0.466 e. The smallest absolute Gasteiger partial charge is 0.225 e. The zero-order valence-corrected chi connectivity index (χ0v) is 14.5. The molecule has 1 N–H and O–H groups in total. The standard InChI is InChI=1S/C21H19N3O2/c1-15-6-8-18(26-15)9-11-21(25)23-20-10-7-17(14-22-20)24-13-12-16-4-2-3-5-19(16)24/h2-8,10,12-14H,9,11H2,1H3,(H,22,23,25). The third kappa shape index (κ3) is 3.37. The van der Waals surface area contributed by atoms with Crippen LogP contribution in [0.25, 0.3) is 16.6 Å². The molecule has 130 valence electrons. The third-order valence-corrected chi connectivity index (χ3v) is 4.29. The summed E-state index contributed by atoms with van der Waals surface area (Å²) in [7, 11) is 0. The topological polar surface area (TPSA) is 60.1 Å². The second kappa shape index (κ2) is 6.88. The van der Waals surface area contributed by atoms with Gasteiger partial charge in [0.2, 0.25) is 5.91 Å². The zero-order valence-electron chi connectivity index (χ0n) is 14.5. The van der Waals surface area contributed by atoms with Gasteiger partial charge in [-0.05, 0) is 48.7 Å². The maximum atomic E-state index is 12.1. The van der Waals surface area contributed by atoms with Gasteiger partial charge in [-0.1, -0.05) is 18.2 Å². The predicted octanol–water partition coefficient (Wildman–Crippen LogP) is 4.50. The van der Waals surface area contributed by atoms with Crippen LogP contribution in [0.5, 0.6) is 0 Å². The Labute approximate surface area is 151 Å². The molecule has 0 aliphatic rings. The highest BCUT2D eigenvalue weighted by Crippen LogP contribution is 2.20. The zero-order chi connectivity index (χ0) is 17.9. The fraction of sp³-hybridized carbons (Fsp3) is 0.143. The number of hydrogen-bond donors (Lipinski definition) is 1. The Bertz CT molecular complexity index is 1040. The number of rotatable bonds is 5. The molecule has 5 heteroatoms. The Kier molecular flexibility index (Phi) is 4.27. The van der Waals surface area contributed by atoms with Crippen LogP contribution in [0.1, 0.15) is 17.9 Å². The van der Waals surface area contributed by atoms with Crippen molar-refractivity contribution in [1.82, 2.24) is 9.55 Å². The molecule has 0 radical (unpaired) electrons. The molecule has 4 aromatic rings. The van der Waals surface area contributed by atoms with E-state index in [0.717, 1.165) is 22.7 Å². The van der Waals surface area contributed by atoms with Gasteiger partial charge < -0.3 is 14.3 Å². The van der Waals surface area contributed by atoms with E-state index in [1.54, 1.807) is 6.20 Å². The van der Waals surface area contributed by atoms with Crippen LogP contribution in [-0.4, -0.2) is 15.5 Å². The number of furan rings is 1. The molecule has 26 heavy (non-hydrogen) atoms. The van der Waals surface area contributed by atoms with Crippen LogP contribution in [0.3, 0.4) is 0 Å². The number of nitrogens with one attached hydrogen (secondary N) is 1. The Morgan fingerprint density at radius 1 is 1.12 bits per heavy atom. The molecule has 5 nitrogen and oxygen atoms in total. The predicted molar refractivity (Wildman–Crippen MR) is 101 cm³/mol. The normalized spacial score (nSPS) is 11.0. The van der Waals surface area contributed by atoms with E-state index < -0.39 is 0 Å². The second-order valence-electron chi connectivity index (χ2n) is 6.21. The van der Waals surface area contributed by atoms with E-state index in [4.69, 9.17) is 4.42 Å². The summed E-state index contributed by atoms with van der Waals surface area (Å²) in [6, 6.07) is 17.8. The number of aromatic nitrogens is 2. The lowest BCUT2D eigenvalue weighted by atomic mass is 10.2. The van der Waals surface area contributed by atoms with Gasteiger partial charge in [-0.25, -0.2) is 4.98 Å². The summed E-state index contributed by atoms with van der Waals surface area (Å²) in [6.07, 6.45) is 4.72. The van der Waals surface area contributed by atoms with Gasteiger partial charge in [0.25, 0.3) is 0 Å². The van der Waals surface area contributed by atoms with Crippen LogP contribution in [0.2, 0.25) is 0 Å². The van der Waals surface area contributed by atoms with Crippen molar-refractivity contribution in [2.45, 2.75) is 19.8 Å². The number of aryl methyl sites for hydroxylation is 2. The summed E-state index contributed by atoms with van der Waals surface area (Å²) in [5.41, 5.74) is 2.08. The van der Waals surface area contributed by atoms with Crippen LogP contribution in [0.15, 0.2) is 71.4 Å². The molecule has 0 saturated heterocycles. The number of nitrogens with zero attached hydrogens (tertiary/aromatic N) is 2. The van der Waals surface area contributed by atoms with Crippen molar-refractivity contribution in [1.29, 1.82) is 0 Å². The minimum atomic E-state index is -0.0780. The van der Waals surface area contributed by atoms with Crippen molar-refractivity contribution in [3.05, 3.63) is 78.5 Å². The number of amides is 1. The average molecular weight is 345 g/mol. The van der Waals surface area contributed by atoms with Crippen molar-refractivity contribution in [2.75, 3.05) is 5.32 Å². The van der Waals surface area contributed by atoms with E-state index in [0.29, 0.717) is 18.7 Å². The number of fused-ring (bicyclic) bond motifs is 1. The fourth-order valence-corrected chi connectivity index (χ4v) is 2.97. The molecule has 0 fully saturated rings. The molecule has 0 aliphatic heterocycles. The SMILES string of the molecule is Cc1ccc(CCC(=O)Nc2ccc(-n3ccc4ccccc43)cn2)o1. The first-order chi connectivity index (χ1) is 12.7. The lowest BCUT2D eigenvalue weighted by Gasteiger charge is -2.07. The van der Waals surface area contributed by atoms with Gasteiger partial charge in [-0.2, -0.15) is 0 Å². The number of anilines is 1. The number of carbonyl (C=O) groups is 1. The highest BCUT2D eigenvalue weighted by atomic mass is 16.3. The Hall–Kier alpha value is -3.34. The molecular formula is C21H19N3O2. The highest BCUT2D eigenvalue weighted by molar-refractivity contribution is 5.90. The van der Waals surface area contributed by atoms with E-state index >= 15 is 0 Å². The maximum absolute atomic E-state index is 12.1. The van der Waals surface area contributed by atoms with Crippen molar-refractivity contribution in [3.63, 3.8) is 0 Å². The maximum Gasteiger partial charge on any atom is 0.225 e.